The molecule has 3 heteroatoms. The third kappa shape index (κ3) is 3.51. The molecule has 0 unspecified atom stereocenters. The second kappa shape index (κ2) is 7.65. The highest BCUT2D eigenvalue weighted by atomic mass is 16.5. The van der Waals surface area contributed by atoms with E-state index in [4.69, 9.17) is 4.74 Å². The van der Waals surface area contributed by atoms with Crippen LogP contribution in [0.5, 0.6) is 0 Å². The zero-order chi connectivity index (χ0) is 18.9. The van der Waals surface area contributed by atoms with Crippen LogP contribution in [-0.2, 0) is 17.7 Å². The van der Waals surface area contributed by atoms with Gasteiger partial charge >= 0.3 is 0 Å². The summed E-state index contributed by atoms with van der Waals surface area (Å²) in [7, 11) is 0. The molecule has 2 heterocycles. The number of fused-ring (bicyclic) bond motifs is 3. The molecule has 1 aromatic heterocycles. The fourth-order valence-corrected chi connectivity index (χ4v) is 4.62. The monoisotopic (exact) mass is 364 g/mol. The summed E-state index contributed by atoms with van der Waals surface area (Å²) in [6.45, 7) is 11.9. The van der Waals surface area contributed by atoms with Gasteiger partial charge in [0.25, 0.3) is 0 Å². The summed E-state index contributed by atoms with van der Waals surface area (Å²) >= 11 is 0. The minimum absolute atomic E-state index is 0.129. The molecule has 0 amide bonds. The Morgan fingerprint density at radius 2 is 1.70 bits per heavy atom. The Morgan fingerprint density at radius 3 is 2.48 bits per heavy atom. The van der Waals surface area contributed by atoms with Crippen molar-refractivity contribution in [3.63, 3.8) is 0 Å². The van der Waals surface area contributed by atoms with E-state index in [1.54, 1.807) is 0 Å². The van der Waals surface area contributed by atoms with Gasteiger partial charge in [0, 0.05) is 41.5 Å². The largest absolute Gasteiger partial charge is 0.379 e. The summed E-state index contributed by atoms with van der Waals surface area (Å²) in [5, 5.41) is 2.78. The quantitative estimate of drug-likeness (QED) is 0.594. The van der Waals surface area contributed by atoms with Crippen molar-refractivity contribution in [3.8, 4) is 0 Å². The van der Waals surface area contributed by atoms with E-state index in [9.17, 15) is 0 Å². The number of morpholine rings is 1. The van der Waals surface area contributed by atoms with Crippen molar-refractivity contribution in [3.05, 3.63) is 48.0 Å². The molecule has 144 valence electrons. The standard InChI is InChI=1S/C24H32N2O/c1-4-5-13-26-22-12-7-6-10-20(22)21-11-8-9-19(23(21)26)18-24(2,3)25-14-16-27-17-15-25/h6-12H,4-5,13-18H2,1-3H3. The predicted molar refractivity (Wildman–Crippen MR) is 115 cm³/mol. The second-order valence-corrected chi connectivity index (χ2v) is 8.42. The van der Waals surface area contributed by atoms with Gasteiger partial charge in [-0.15, -0.1) is 0 Å². The third-order valence-electron chi connectivity index (χ3n) is 6.10. The van der Waals surface area contributed by atoms with Gasteiger partial charge in [0.2, 0.25) is 0 Å². The first-order valence-corrected chi connectivity index (χ1v) is 10.4. The van der Waals surface area contributed by atoms with Crippen LogP contribution in [0.25, 0.3) is 21.8 Å². The highest BCUT2D eigenvalue weighted by Gasteiger charge is 2.29. The number of nitrogens with zero attached hydrogens (tertiary/aromatic N) is 2. The lowest BCUT2D eigenvalue weighted by atomic mass is 9.91. The van der Waals surface area contributed by atoms with Crippen molar-refractivity contribution in [1.29, 1.82) is 0 Å². The molecular weight excluding hydrogens is 332 g/mol. The van der Waals surface area contributed by atoms with E-state index in [2.05, 4.69) is 72.7 Å². The summed E-state index contributed by atoms with van der Waals surface area (Å²) < 4.78 is 8.14. The molecule has 3 aromatic rings. The lowest BCUT2D eigenvalue weighted by Crippen LogP contribution is -2.51. The second-order valence-electron chi connectivity index (χ2n) is 8.42. The molecule has 27 heavy (non-hydrogen) atoms. The van der Waals surface area contributed by atoms with Gasteiger partial charge in [0.1, 0.15) is 0 Å². The summed E-state index contributed by atoms with van der Waals surface area (Å²) in [5.74, 6) is 0. The van der Waals surface area contributed by atoms with Crippen molar-refractivity contribution in [2.75, 3.05) is 26.3 Å². The number of hydrogen-bond acceptors (Lipinski definition) is 2. The number of aromatic nitrogens is 1. The van der Waals surface area contributed by atoms with Crippen LogP contribution in [0.3, 0.4) is 0 Å². The van der Waals surface area contributed by atoms with Crippen molar-refractivity contribution in [2.45, 2.75) is 52.1 Å². The maximum atomic E-state index is 5.57. The highest BCUT2D eigenvalue weighted by Crippen LogP contribution is 2.34. The molecule has 2 aromatic carbocycles. The molecule has 0 aliphatic carbocycles. The van der Waals surface area contributed by atoms with Crippen molar-refractivity contribution in [1.82, 2.24) is 9.47 Å². The zero-order valence-corrected chi connectivity index (χ0v) is 17.0. The molecule has 4 rings (SSSR count). The number of benzene rings is 2. The number of unbranched alkanes of at least 4 members (excludes halogenated alkanes) is 1. The van der Waals surface area contributed by atoms with Crippen molar-refractivity contribution >= 4 is 21.8 Å². The van der Waals surface area contributed by atoms with Crippen LogP contribution < -0.4 is 0 Å². The number of aryl methyl sites for hydroxylation is 1. The van der Waals surface area contributed by atoms with Crippen LogP contribution in [-0.4, -0.2) is 41.3 Å². The lowest BCUT2D eigenvalue weighted by molar-refractivity contribution is -0.00976. The molecule has 3 nitrogen and oxygen atoms in total. The lowest BCUT2D eigenvalue weighted by Gasteiger charge is -2.41. The average Bonchev–Trinajstić information content (AvgIpc) is 3.02. The van der Waals surface area contributed by atoms with E-state index in [-0.39, 0.29) is 5.54 Å². The average molecular weight is 365 g/mol. The number of rotatable bonds is 6. The molecule has 0 atom stereocenters. The van der Waals surface area contributed by atoms with Gasteiger partial charge in [-0.05, 0) is 38.3 Å². The molecule has 0 saturated carbocycles. The Kier molecular flexibility index (Phi) is 5.25. The Morgan fingerprint density at radius 1 is 0.963 bits per heavy atom. The number of para-hydroxylation sites is 2. The van der Waals surface area contributed by atoms with Gasteiger partial charge in [-0.25, -0.2) is 0 Å². The first kappa shape index (κ1) is 18.5. The Labute approximate surface area is 162 Å². The van der Waals surface area contributed by atoms with Gasteiger partial charge in [-0.3, -0.25) is 4.90 Å². The van der Waals surface area contributed by atoms with Gasteiger partial charge in [-0.2, -0.15) is 0 Å². The van der Waals surface area contributed by atoms with Crippen LogP contribution in [0.4, 0.5) is 0 Å². The Balaban J connectivity index is 1.80. The predicted octanol–water partition coefficient (Wildman–Crippen LogP) is 5.25. The molecular formula is C24H32N2O. The van der Waals surface area contributed by atoms with Crippen molar-refractivity contribution < 1.29 is 4.74 Å². The molecule has 1 aliphatic rings. The fourth-order valence-electron chi connectivity index (χ4n) is 4.62. The molecule has 1 aliphatic heterocycles. The Bertz CT molecular complexity index is 919. The van der Waals surface area contributed by atoms with Crippen LogP contribution in [0, 0.1) is 0 Å². The summed E-state index contributed by atoms with van der Waals surface area (Å²) in [6, 6.07) is 15.8. The van der Waals surface area contributed by atoms with Crippen LogP contribution in [0.2, 0.25) is 0 Å². The normalized spacial score (nSPS) is 16.4. The number of hydrogen-bond donors (Lipinski definition) is 0. The van der Waals surface area contributed by atoms with E-state index < -0.39 is 0 Å². The Hall–Kier alpha value is -1.84. The van der Waals surface area contributed by atoms with E-state index in [1.165, 1.54) is 40.2 Å². The van der Waals surface area contributed by atoms with Crippen LogP contribution in [0.1, 0.15) is 39.2 Å². The van der Waals surface area contributed by atoms with E-state index in [0.717, 1.165) is 39.3 Å². The topological polar surface area (TPSA) is 17.4 Å². The van der Waals surface area contributed by atoms with Gasteiger partial charge in [0.05, 0.1) is 18.7 Å². The number of ether oxygens (including phenoxy) is 1. The molecule has 1 fully saturated rings. The molecule has 0 N–H and O–H groups in total. The smallest absolute Gasteiger partial charge is 0.0594 e. The zero-order valence-electron chi connectivity index (χ0n) is 17.0. The first-order valence-electron chi connectivity index (χ1n) is 10.4. The van der Waals surface area contributed by atoms with E-state index in [0.29, 0.717) is 0 Å². The van der Waals surface area contributed by atoms with E-state index >= 15 is 0 Å². The van der Waals surface area contributed by atoms with Crippen LogP contribution in [0.15, 0.2) is 42.5 Å². The van der Waals surface area contributed by atoms with Crippen LogP contribution >= 0.6 is 0 Å². The molecule has 1 saturated heterocycles. The summed E-state index contributed by atoms with van der Waals surface area (Å²) in [5.41, 5.74) is 4.41. The minimum Gasteiger partial charge on any atom is -0.379 e. The van der Waals surface area contributed by atoms with Crippen molar-refractivity contribution in [2.24, 2.45) is 0 Å². The maximum absolute atomic E-state index is 5.57. The fraction of sp³-hybridized carbons (Fsp3) is 0.500. The SMILES string of the molecule is CCCCn1c2ccccc2c2cccc(CC(C)(C)N3CCOCC3)c21. The minimum atomic E-state index is 0.129. The first-order chi connectivity index (χ1) is 13.1. The molecule has 0 radical (unpaired) electrons. The molecule has 0 bridgehead atoms. The highest BCUT2D eigenvalue weighted by molar-refractivity contribution is 6.09. The summed E-state index contributed by atoms with van der Waals surface area (Å²) in [6.07, 6.45) is 3.50. The van der Waals surface area contributed by atoms with E-state index in [1.807, 2.05) is 0 Å². The van der Waals surface area contributed by atoms with Gasteiger partial charge < -0.3 is 9.30 Å². The molecule has 0 spiro atoms. The third-order valence-corrected chi connectivity index (χ3v) is 6.10. The maximum Gasteiger partial charge on any atom is 0.0594 e. The van der Waals surface area contributed by atoms with Gasteiger partial charge in [0.15, 0.2) is 0 Å². The summed E-state index contributed by atoms with van der Waals surface area (Å²) in [4.78, 5) is 2.59. The van der Waals surface area contributed by atoms with Gasteiger partial charge in [-0.1, -0.05) is 49.7 Å².